The molecule has 0 spiro atoms. The molecule has 9 nitrogen and oxygen atoms in total. The summed E-state index contributed by atoms with van der Waals surface area (Å²) in [5.74, 6) is -1.53. The van der Waals surface area contributed by atoms with Crippen molar-refractivity contribution in [1.82, 2.24) is 5.32 Å². The summed E-state index contributed by atoms with van der Waals surface area (Å²) in [7, 11) is -4.10. The van der Waals surface area contributed by atoms with E-state index in [4.69, 9.17) is 24.7 Å². The molecule has 10 heteroatoms. The molecule has 0 heterocycles. The first-order valence-corrected chi connectivity index (χ1v) is 7.37. The quantitative estimate of drug-likeness (QED) is 0.435. The van der Waals surface area contributed by atoms with Crippen LogP contribution in [0, 0.1) is 0 Å². The molecule has 1 rings (SSSR count). The molecule has 21 heavy (non-hydrogen) atoms. The van der Waals surface area contributed by atoms with Crippen LogP contribution in [0.4, 0.5) is 0 Å². The van der Waals surface area contributed by atoms with Crippen molar-refractivity contribution in [1.29, 1.82) is 0 Å². The Kier molecular flexibility index (Phi) is 8.98. The van der Waals surface area contributed by atoms with Crippen LogP contribution in [-0.2, 0) is 14.2 Å². The first-order valence-electron chi connectivity index (χ1n) is 5.57. The highest BCUT2D eigenvalue weighted by molar-refractivity contribution is 7.51. The van der Waals surface area contributed by atoms with Crippen LogP contribution in [-0.4, -0.2) is 51.4 Å². The van der Waals surface area contributed by atoms with Gasteiger partial charge in [-0.3, -0.25) is 14.7 Å². The lowest BCUT2D eigenvalue weighted by atomic mass is 10.3. The third-order valence-corrected chi connectivity index (χ3v) is 2.34. The van der Waals surface area contributed by atoms with Crippen molar-refractivity contribution in [3.63, 3.8) is 0 Å². The Hall–Kier alpha value is -1.93. The van der Waals surface area contributed by atoms with Gasteiger partial charge in [0.1, 0.15) is 5.75 Å². The highest BCUT2D eigenvalue weighted by atomic mass is 31.2. The van der Waals surface area contributed by atoms with Crippen molar-refractivity contribution < 1.29 is 38.9 Å². The van der Waals surface area contributed by atoms with Gasteiger partial charge in [0.2, 0.25) is 0 Å². The molecular formula is C11H16NO8P. The molecule has 0 bridgehead atoms. The number of nitrogens with one attached hydrogen (secondary N) is 1. The van der Waals surface area contributed by atoms with Gasteiger partial charge in [0.05, 0.1) is 12.8 Å². The molecule has 0 aromatic heterocycles. The predicted octanol–water partition coefficient (Wildman–Crippen LogP) is -0.0542. The number of carbonyl (C=O) groups is 2. The van der Waals surface area contributed by atoms with Gasteiger partial charge in [0, 0.05) is 0 Å². The van der Waals surface area contributed by atoms with Gasteiger partial charge in [-0.2, -0.15) is 0 Å². The fraction of sp³-hybridized carbons (Fsp3) is 0.273. The smallest absolute Gasteiger partial charge is 0.341 e. The third-order valence-electron chi connectivity index (χ3n) is 1.70. The van der Waals surface area contributed by atoms with E-state index in [1.54, 1.807) is 24.3 Å². The van der Waals surface area contributed by atoms with Crippen molar-refractivity contribution >= 4 is 19.5 Å². The Morgan fingerprint density at radius 2 is 1.67 bits per heavy atom. The Morgan fingerprint density at radius 1 is 1.10 bits per heavy atom. The molecule has 0 aliphatic carbocycles. The zero-order chi connectivity index (χ0) is 16.3. The molecule has 118 valence electrons. The number of ether oxygens (including phenoxy) is 1. The van der Waals surface area contributed by atoms with Gasteiger partial charge in [0.25, 0.3) is 0 Å². The monoisotopic (exact) mass is 321 g/mol. The van der Waals surface area contributed by atoms with Crippen LogP contribution in [0.1, 0.15) is 0 Å². The van der Waals surface area contributed by atoms with Gasteiger partial charge in [-0.15, -0.1) is 0 Å². The molecule has 5 N–H and O–H groups in total. The number of rotatable bonds is 7. The fourth-order valence-electron chi connectivity index (χ4n) is 0.970. The highest BCUT2D eigenvalue weighted by Crippen LogP contribution is 2.31. The van der Waals surface area contributed by atoms with Gasteiger partial charge in [-0.25, -0.2) is 4.79 Å². The van der Waals surface area contributed by atoms with E-state index < -0.39 is 32.4 Å². The first kappa shape index (κ1) is 19.1. The van der Waals surface area contributed by atoms with Crippen molar-refractivity contribution in [3.05, 3.63) is 30.3 Å². The molecule has 0 aliphatic heterocycles. The molecule has 0 radical (unpaired) electrons. The summed E-state index contributed by atoms with van der Waals surface area (Å²) in [5, 5.41) is 18.3. The lowest BCUT2D eigenvalue weighted by Crippen LogP contribution is -2.23. The van der Waals surface area contributed by atoms with Crippen LogP contribution < -0.4 is 10.1 Å². The number of carboxylic acids is 2. The maximum atomic E-state index is 10.1. The summed E-state index contributed by atoms with van der Waals surface area (Å²) in [6, 6.07) is 8.84. The van der Waals surface area contributed by atoms with Crippen LogP contribution in [0.2, 0.25) is 0 Å². The van der Waals surface area contributed by atoms with Crippen molar-refractivity contribution in [3.8, 4) is 5.75 Å². The minimum atomic E-state index is -4.10. The Morgan fingerprint density at radius 3 is 2.10 bits per heavy atom. The second kappa shape index (κ2) is 9.89. The molecule has 1 aromatic carbocycles. The number of benzene rings is 1. The van der Waals surface area contributed by atoms with E-state index in [-0.39, 0.29) is 6.61 Å². The first-order chi connectivity index (χ1) is 9.70. The van der Waals surface area contributed by atoms with E-state index in [1.807, 2.05) is 6.07 Å². The maximum Gasteiger partial charge on any atom is 0.341 e. The lowest BCUT2D eigenvalue weighted by Gasteiger charge is -2.02. The van der Waals surface area contributed by atoms with Crippen molar-refractivity contribution in [2.45, 2.75) is 0 Å². The molecule has 0 aliphatic rings. The predicted molar refractivity (Wildman–Crippen MR) is 72.1 cm³/mol. The number of carboxylic acid groups (broad SMARTS) is 2. The summed E-state index contributed by atoms with van der Waals surface area (Å²) in [4.78, 5) is 36.2. The summed E-state index contributed by atoms with van der Waals surface area (Å²) in [5.41, 5.74) is 0. The second-order valence-electron chi connectivity index (χ2n) is 3.64. The number of hydrogen-bond acceptors (Lipinski definition) is 5. The zero-order valence-electron chi connectivity index (χ0n) is 10.9. The number of aliphatic carboxylic acids is 2. The van der Waals surface area contributed by atoms with E-state index in [0.29, 0.717) is 5.75 Å². The molecule has 0 atom stereocenters. The third kappa shape index (κ3) is 14.3. The van der Waals surface area contributed by atoms with Crippen molar-refractivity contribution in [2.24, 2.45) is 0 Å². The van der Waals surface area contributed by atoms with E-state index in [9.17, 15) is 14.2 Å². The Bertz CT molecular complexity index is 486. The van der Waals surface area contributed by atoms with Gasteiger partial charge < -0.3 is 24.7 Å². The zero-order valence-corrected chi connectivity index (χ0v) is 11.8. The summed E-state index contributed by atoms with van der Waals surface area (Å²) in [6.45, 7) is -0.727. The summed E-state index contributed by atoms with van der Waals surface area (Å²) >= 11 is 0. The van der Waals surface area contributed by atoms with Crippen LogP contribution in [0.15, 0.2) is 30.3 Å². The standard InChI is InChI=1S/C8H8O3.C3H8NO5P/c9-8(10)6-11-7-4-2-1-3-5-7;5-3(6)1-4-2-10(7,8)9/h1-5H,6H2,(H,9,10);4H,1-2H2,(H,5,6)(H2,7,8,9). The fourth-order valence-corrected chi connectivity index (χ4v) is 1.37. The molecular weight excluding hydrogens is 305 g/mol. The largest absolute Gasteiger partial charge is 0.482 e. The van der Waals surface area contributed by atoms with E-state index in [0.717, 1.165) is 0 Å². The van der Waals surface area contributed by atoms with Gasteiger partial charge in [-0.05, 0) is 12.1 Å². The normalized spacial score (nSPS) is 10.2. The molecule has 1 aromatic rings. The summed E-state index contributed by atoms with van der Waals surface area (Å²) < 4.78 is 14.9. The highest BCUT2D eigenvalue weighted by Gasteiger charge is 2.11. The number of para-hydroxylation sites is 1. The second-order valence-corrected chi connectivity index (χ2v) is 5.28. The Labute approximate surface area is 120 Å². The average Bonchev–Trinajstić information content (AvgIpc) is 2.36. The SMILES string of the molecule is O=C(O)CNCP(=O)(O)O.O=C(O)COc1ccccc1. The van der Waals surface area contributed by atoms with E-state index in [1.165, 1.54) is 0 Å². The van der Waals surface area contributed by atoms with Crippen LogP contribution >= 0.6 is 7.60 Å². The van der Waals surface area contributed by atoms with Crippen LogP contribution in [0.5, 0.6) is 5.75 Å². The van der Waals surface area contributed by atoms with Crippen LogP contribution in [0.25, 0.3) is 0 Å². The molecule has 0 saturated heterocycles. The van der Waals surface area contributed by atoms with E-state index in [2.05, 4.69) is 5.32 Å². The van der Waals surface area contributed by atoms with Gasteiger partial charge in [-0.1, -0.05) is 18.2 Å². The van der Waals surface area contributed by atoms with Gasteiger partial charge >= 0.3 is 19.5 Å². The maximum absolute atomic E-state index is 10.1. The average molecular weight is 321 g/mol. The molecule has 0 amide bonds. The van der Waals surface area contributed by atoms with Gasteiger partial charge in [0.15, 0.2) is 6.61 Å². The minimum Gasteiger partial charge on any atom is -0.482 e. The summed E-state index contributed by atoms with van der Waals surface area (Å²) in [6.07, 6.45) is -0.598. The molecule has 0 saturated carbocycles. The van der Waals surface area contributed by atoms with E-state index >= 15 is 0 Å². The molecule has 0 fully saturated rings. The van der Waals surface area contributed by atoms with Crippen molar-refractivity contribution in [2.75, 3.05) is 19.4 Å². The number of hydrogen-bond donors (Lipinski definition) is 5. The molecule has 0 unspecified atom stereocenters. The minimum absolute atomic E-state index is 0.288. The lowest BCUT2D eigenvalue weighted by molar-refractivity contribution is -0.139. The van der Waals surface area contributed by atoms with Crippen LogP contribution in [0.3, 0.4) is 0 Å². The topological polar surface area (TPSA) is 153 Å². The Balaban J connectivity index is 0.000000384.